The number of amides is 3. The molecule has 0 fully saturated rings. The van der Waals surface area contributed by atoms with Crippen LogP contribution < -0.4 is 20.9 Å². The Balaban J connectivity index is 1.50. The van der Waals surface area contributed by atoms with E-state index in [0.717, 1.165) is 6.42 Å². The second-order valence-corrected chi connectivity index (χ2v) is 6.78. The molecule has 0 saturated heterocycles. The van der Waals surface area contributed by atoms with Crippen LogP contribution in [0.5, 0.6) is 5.75 Å². The highest BCUT2D eigenvalue weighted by Crippen LogP contribution is 2.14. The zero-order valence-corrected chi connectivity index (χ0v) is 17.1. The number of carbonyl (C=O) groups excluding carboxylic acids is 3. The highest BCUT2D eigenvalue weighted by molar-refractivity contribution is 5.99. The van der Waals surface area contributed by atoms with Gasteiger partial charge in [0, 0.05) is 30.2 Å². The third kappa shape index (κ3) is 6.71. The van der Waals surface area contributed by atoms with Gasteiger partial charge in [-0.1, -0.05) is 36.4 Å². The molecule has 0 aromatic heterocycles. The Kier molecular flexibility index (Phi) is 7.37. The number of nitrogens with one attached hydrogen (secondary N) is 3. The first kappa shape index (κ1) is 21.6. The number of hydrogen-bond donors (Lipinski definition) is 3. The van der Waals surface area contributed by atoms with E-state index in [9.17, 15) is 14.4 Å². The summed E-state index contributed by atoms with van der Waals surface area (Å²) >= 11 is 0. The van der Waals surface area contributed by atoms with Crippen LogP contribution in [0.2, 0.25) is 0 Å². The van der Waals surface area contributed by atoms with Gasteiger partial charge in [0.1, 0.15) is 5.75 Å². The van der Waals surface area contributed by atoms with E-state index in [2.05, 4.69) is 16.2 Å². The van der Waals surface area contributed by atoms with Crippen molar-refractivity contribution in [3.8, 4) is 5.75 Å². The molecule has 3 aromatic rings. The molecule has 3 aromatic carbocycles. The average molecular weight is 417 g/mol. The van der Waals surface area contributed by atoms with Crippen LogP contribution in [0.25, 0.3) is 0 Å². The minimum absolute atomic E-state index is 0.198. The van der Waals surface area contributed by atoms with Gasteiger partial charge in [-0.05, 0) is 48.0 Å². The molecule has 0 aliphatic rings. The Labute approximate surface area is 180 Å². The lowest BCUT2D eigenvalue weighted by Gasteiger charge is -2.10. The van der Waals surface area contributed by atoms with Gasteiger partial charge in [-0.25, -0.2) is 0 Å². The highest BCUT2D eigenvalue weighted by Gasteiger charge is 2.10. The van der Waals surface area contributed by atoms with Gasteiger partial charge in [-0.3, -0.25) is 25.2 Å². The van der Waals surface area contributed by atoms with Gasteiger partial charge in [0.05, 0.1) is 6.61 Å². The zero-order valence-electron chi connectivity index (χ0n) is 17.1. The maximum atomic E-state index is 12.4. The SMILES string of the molecule is CC(=O)Nc1ccc(C(=O)NNC(=O)c2cccc(OCCc3ccccc3)c2)cc1. The van der Waals surface area contributed by atoms with Crippen LogP contribution in [0.3, 0.4) is 0 Å². The van der Waals surface area contributed by atoms with E-state index < -0.39 is 11.8 Å². The number of anilines is 1. The lowest BCUT2D eigenvalue weighted by Crippen LogP contribution is -2.41. The molecule has 3 amide bonds. The van der Waals surface area contributed by atoms with Crippen molar-refractivity contribution >= 4 is 23.4 Å². The van der Waals surface area contributed by atoms with Crippen molar-refractivity contribution in [3.05, 3.63) is 95.6 Å². The average Bonchev–Trinajstić information content (AvgIpc) is 2.78. The topological polar surface area (TPSA) is 96.5 Å². The molecule has 0 bridgehead atoms. The first-order valence-corrected chi connectivity index (χ1v) is 9.76. The van der Waals surface area contributed by atoms with Gasteiger partial charge in [-0.2, -0.15) is 0 Å². The summed E-state index contributed by atoms with van der Waals surface area (Å²) in [7, 11) is 0. The molecule has 0 aliphatic heterocycles. The molecule has 3 rings (SSSR count). The van der Waals surface area contributed by atoms with E-state index in [1.165, 1.54) is 12.5 Å². The molecular weight excluding hydrogens is 394 g/mol. The van der Waals surface area contributed by atoms with E-state index in [-0.39, 0.29) is 5.91 Å². The van der Waals surface area contributed by atoms with Crippen molar-refractivity contribution < 1.29 is 19.1 Å². The molecule has 0 aliphatic carbocycles. The highest BCUT2D eigenvalue weighted by atomic mass is 16.5. The van der Waals surface area contributed by atoms with E-state index in [4.69, 9.17) is 4.74 Å². The van der Waals surface area contributed by atoms with Crippen LogP contribution in [0.15, 0.2) is 78.9 Å². The summed E-state index contributed by atoms with van der Waals surface area (Å²) in [6.07, 6.45) is 0.758. The fourth-order valence-electron chi connectivity index (χ4n) is 2.82. The van der Waals surface area contributed by atoms with Crippen LogP contribution in [0.1, 0.15) is 33.2 Å². The molecular formula is C24H23N3O4. The van der Waals surface area contributed by atoms with Crippen LogP contribution >= 0.6 is 0 Å². The van der Waals surface area contributed by atoms with Crippen LogP contribution in [-0.4, -0.2) is 24.3 Å². The normalized spacial score (nSPS) is 10.1. The minimum Gasteiger partial charge on any atom is -0.493 e. The Morgan fingerprint density at radius 3 is 2.13 bits per heavy atom. The van der Waals surface area contributed by atoms with Gasteiger partial charge < -0.3 is 10.1 Å². The number of hydrazine groups is 1. The lowest BCUT2D eigenvalue weighted by atomic mass is 10.2. The molecule has 0 heterocycles. The van der Waals surface area contributed by atoms with Crippen LogP contribution in [-0.2, 0) is 11.2 Å². The molecule has 31 heavy (non-hydrogen) atoms. The quantitative estimate of drug-likeness (QED) is 0.514. The third-order valence-corrected chi connectivity index (χ3v) is 4.36. The van der Waals surface area contributed by atoms with Crippen molar-refractivity contribution in [3.63, 3.8) is 0 Å². The van der Waals surface area contributed by atoms with Gasteiger partial charge in [-0.15, -0.1) is 0 Å². The Morgan fingerprint density at radius 2 is 1.45 bits per heavy atom. The summed E-state index contributed by atoms with van der Waals surface area (Å²) in [4.78, 5) is 35.6. The van der Waals surface area contributed by atoms with Crippen molar-refractivity contribution in [2.75, 3.05) is 11.9 Å². The summed E-state index contributed by atoms with van der Waals surface area (Å²) in [6.45, 7) is 1.89. The van der Waals surface area contributed by atoms with E-state index in [1.807, 2.05) is 30.3 Å². The maximum absolute atomic E-state index is 12.4. The van der Waals surface area contributed by atoms with Gasteiger partial charge in [0.2, 0.25) is 5.91 Å². The maximum Gasteiger partial charge on any atom is 0.269 e. The van der Waals surface area contributed by atoms with Crippen molar-refractivity contribution in [1.82, 2.24) is 10.9 Å². The van der Waals surface area contributed by atoms with E-state index in [0.29, 0.717) is 29.2 Å². The Morgan fingerprint density at radius 1 is 0.774 bits per heavy atom. The van der Waals surface area contributed by atoms with Crippen molar-refractivity contribution in [2.24, 2.45) is 0 Å². The largest absolute Gasteiger partial charge is 0.493 e. The zero-order chi connectivity index (χ0) is 22.1. The fourth-order valence-corrected chi connectivity index (χ4v) is 2.82. The Hall–Kier alpha value is -4.13. The third-order valence-electron chi connectivity index (χ3n) is 4.36. The van der Waals surface area contributed by atoms with Gasteiger partial charge in [0.25, 0.3) is 11.8 Å². The number of hydrogen-bond acceptors (Lipinski definition) is 4. The molecule has 0 radical (unpaired) electrons. The molecule has 0 spiro atoms. The van der Waals surface area contributed by atoms with Gasteiger partial charge in [0.15, 0.2) is 0 Å². The lowest BCUT2D eigenvalue weighted by molar-refractivity contribution is -0.114. The first-order valence-electron chi connectivity index (χ1n) is 9.76. The number of rotatable bonds is 7. The summed E-state index contributed by atoms with van der Waals surface area (Å²) in [5.74, 6) is -0.561. The predicted molar refractivity (Wildman–Crippen MR) is 118 cm³/mol. The Bertz CT molecular complexity index is 1050. The van der Waals surface area contributed by atoms with Crippen molar-refractivity contribution in [1.29, 1.82) is 0 Å². The summed E-state index contributed by atoms with van der Waals surface area (Å²) in [5.41, 5.74) is 7.22. The van der Waals surface area contributed by atoms with Gasteiger partial charge >= 0.3 is 0 Å². The first-order chi connectivity index (χ1) is 15.0. The molecule has 0 unspecified atom stereocenters. The fraction of sp³-hybridized carbons (Fsp3) is 0.125. The summed E-state index contributed by atoms with van der Waals surface area (Å²) < 4.78 is 5.74. The molecule has 3 N–H and O–H groups in total. The van der Waals surface area contributed by atoms with E-state index >= 15 is 0 Å². The second kappa shape index (κ2) is 10.6. The number of ether oxygens (including phenoxy) is 1. The standard InChI is InChI=1S/C24H23N3O4/c1-17(28)25-21-12-10-19(11-13-21)23(29)26-27-24(30)20-8-5-9-22(16-20)31-15-14-18-6-3-2-4-7-18/h2-13,16H,14-15H2,1H3,(H,25,28)(H,26,29)(H,27,30). The molecule has 0 atom stereocenters. The summed E-state index contributed by atoms with van der Waals surface area (Å²) in [6, 6.07) is 23.0. The van der Waals surface area contributed by atoms with Crippen LogP contribution in [0, 0.1) is 0 Å². The number of benzene rings is 3. The number of carbonyl (C=O) groups is 3. The molecule has 7 nitrogen and oxygen atoms in total. The molecule has 0 saturated carbocycles. The minimum atomic E-state index is -0.474. The smallest absolute Gasteiger partial charge is 0.269 e. The monoisotopic (exact) mass is 417 g/mol. The molecule has 158 valence electrons. The predicted octanol–water partition coefficient (Wildman–Crippen LogP) is 3.34. The van der Waals surface area contributed by atoms with E-state index in [1.54, 1.807) is 48.5 Å². The molecule has 7 heteroatoms. The second-order valence-electron chi connectivity index (χ2n) is 6.78. The summed E-state index contributed by atoms with van der Waals surface area (Å²) in [5, 5.41) is 2.62. The van der Waals surface area contributed by atoms with Crippen molar-refractivity contribution in [2.45, 2.75) is 13.3 Å². The van der Waals surface area contributed by atoms with Crippen LogP contribution in [0.4, 0.5) is 5.69 Å².